The molecule has 1 unspecified atom stereocenters. The van der Waals surface area contributed by atoms with Crippen LogP contribution in [-0.4, -0.2) is 10.1 Å². The minimum Gasteiger partial charge on any atom is -0.489 e. The SMILES string of the molecule is OC(c1ccccc1OCc1ccccc1)c1[nH]c2ccccc2c1-c1ccccc1. The van der Waals surface area contributed by atoms with Crippen molar-refractivity contribution in [1.29, 1.82) is 0 Å². The Bertz CT molecular complexity index is 1290. The fraction of sp³-hybridized carbons (Fsp3) is 0.0714. The summed E-state index contributed by atoms with van der Waals surface area (Å²) < 4.78 is 6.11. The molecule has 3 nitrogen and oxygen atoms in total. The normalized spacial score (nSPS) is 12.0. The lowest BCUT2D eigenvalue weighted by Gasteiger charge is -2.17. The molecule has 1 atom stereocenters. The van der Waals surface area contributed by atoms with Crippen LogP contribution in [0.2, 0.25) is 0 Å². The zero-order chi connectivity index (χ0) is 21.0. The minimum atomic E-state index is -0.852. The van der Waals surface area contributed by atoms with E-state index in [1.165, 1.54) is 0 Å². The lowest BCUT2D eigenvalue weighted by atomic mass is 9.96. The van der Waals surface area contributed by atoms with Gasteiger partial charge in [0, 0.05) is 22.0 Å². The lowest BCUT2D eigenvalue weighted by Crippen LogP contribution is -2.06. The molecule has 31 heavy (non-hydrogen) atoms. The molecule has 4 aromatic carbocycles. The molecule has 0 radical (unpaired) electrons. The Kier molecular flexibility index (Phi) is 5.26. The van der Waals surface area contributed by atoms with Crippen LogP contribution in [0.3, 0.4) is 0 Å². The summed E-state index contributed by atoms with van der Waals surface area (Å²) in [5.74, 6) is 0.677. The van der Waals surface area contributed by atoms with Gasteiger partial charge in [-0.1, -0.05) is 97.1 Å². The molecule has 1 aromatic heterocycles. The number of nitrogens with one attached hydrogen (secondary N) is 1. The molecule has 0 bridgehead atoms. The van der Waals surface area contributed by atoms with Crippen molar-refractivity contribution in [2.75, 3.05) is 0 Å². The molecule has 0 saturated heterocycles. The molecule has 5 aromatic rings. The van der Waals surface area contributed by atoms with Crippen LogP contribution in [0.1, 0.15) is 22.9 Å². The van der Waals surface area contributed by atoms with Crippen LogP contribution in [0.5, 0.6) is 5.75 Å². The summed E-state index contributed by atoms with van der Waals surface area (Å²) in [6.45, 7) is 0.447. The summed E-state index contributed by atoms with van der Waals surface area (Å²) in [4.78, 5) is 3.46. The molecule has 0 amide bonds. The van der Waals surface area contributed by atoms with Crippen LogP contribution in [0.25, 0.3) is 22.0 Å². The van der Waals surface area contributed by atoms with Gasteiger partial charge in [-0.25, -0.2) is 0 Å². The molecule has 0 spiro atoms. The summed E-state index contributed by atoms with van der Waals surface area (Å²) in [7, 11) is 0. The first-order chi connectivity index (χ1) is 15.3. The van der Waals surface area contributed by atoms with E-state index in [0.29, 0.717) is 12.4 Å². The van der Waals surface area contributed by atoms with E-state index in [-0.39, 0.29) is 0 Å². The predicted octanol–water partition coefficient (Wildman–Crippen LogP) is 6.50. The largest absolute Gasteiger partial charge is 0.489 e. The van der Waals surface area contributed by atoms with E-state index in [0.717, 1.165) is 38.9 Å². The van der Waals surface area contributed by atoms with Gasteiger partial charge in [-0.3, -0.25) is 0 Å². The molecule has 0 aliphatic carbocycles. The quantitative estimate of drug-likeness (QED) is 0.339. The maximum Gasteiger partial charge on any atom is 0.126 e. The summed E-state index contributed by atoms with van der Waals surface area (Å²) in [6.07, 6.45) is -0.852. The number of hydrogen-bond donors (Lipinski definition) is 2. The van der Waals surface area contributed by atoms with Crippen LogP contribution in [0, 0.1) is 0 Å². The molecule has 5 rings (SSSR count). The molecule has 0 aliphatic heterocycles. The van der Waals surface area contributed by atoms with Crippen LogP contribution in [0.15, 0.2) is 109 Å². The Hall–Kier alpha value is -3.82. The van der Waals surface area contributed by atoms with Crippen molar-refractivity contribution in [2.24, 2.45) is 0 Å². The topological polar surface area (TPSA) is 45.2 Å². The van der Waals surface area contributed by atoms with Gasteiger partial charge in [0.15, 0.2) is 0 Å². The number of aromatic nitrogens is 1. The van der Waals surface area contributed by atoms with Crippen molar-refractivity contribution in [3.05, 3.63) is 126 Å². The Morgan fingerprint density at radius 2 is 1.35 bits per heavy atom. The third-order valence-corrected chi connectivity index (χ3v) is 5.52. The monoisotopic (exact) mass is 405 g/mol. The average molecular weight is 405 g/mol. The number of aromatic amines is 1. The van der Waals surface area contributed by atoms with Gasteiger partial charge in [0.2, 0.25) is 0 Å². The van der Waals surface area contributed by atoms with Crippen molar-refractivity contribution < 1.29 is 9.84 Å². The molecule has 0 aliphatic rings. The number of hydrogen-bond acceptors (Lipinski definition) is 2. The van der Waals surface area contributed by atoms with Crippen LogP contribution in [0.4, 0.5) is 0 Å². The number of ether oxygens (including phenoxy) is 1. The number of benzene rings is 4. The Balaban J connectivity index is 1.56. The van der Waals surface area contributed by atoms with E-state index in [1.807, 2.05) is 91.0 Å². The lowest BCUT2D eigenvalue weighted by molar-refractivity contribution is 0.206. The molecule has 3 heteroatoms. The van der Waals surface area contributed by atoms with Crippen molar-refractivity contribution in [2.45, 2.75) is 12.7 Å². The highest BCUT2D eigenvalue weighted by atomic mass is 16.5. The minimum absolute atomic E-state index is 0.447. The Morgan fingerprint density at radius 3 is 2.16 bits per heavy atom. The van der Waals surface area contributed by atoms with Crippen molar-refractivity contribution in [3.63, 3.8) is 0 Å². The zero-order valence-electron chi connectivity index (χ0n) is 17.0. The Morgan fingerprint density at radius 1 is 0.710 bits per heavy atom. The van der Waals surface area contributed by atoms with E-state index < -0.39 is 6.10 Å². The summed E-state index contributed by atoms with van der Waals surface area (Å²) in [5.41, 5.74) is 5.67. The maximum atomic E-state index is 11.5. The van der Waals surface area contributed by atoms with Crippen molar-refractivity contribution >= 4 is 10.9 Å². The third-order valence-electron chi connectivity index (χ3n) is 5.52. The number of H-pyrrole nitrogens is 1. The van der Waals surface area contributed by atoms with Gasteiger partial charge in [-0.15, -0.1) is 0 Å². The zero-order valence-corrected chi connectivity index (χ0v) is 17.0. The second kappa shape index (κ2) is 8.50. The second-order valence-electron chi connectivity index (χ2n) is 7.54. The van der Waals surface area contributed by atoms with Gasteiger partial charge >= 0.3 is 0 Å². The van der Waals surface area contributed by atoms with E-state index in [9.17, 15) is 5.11 Å². The van der Waals surface area contributed by atoms with Gasteiger partial charge in [0.05, 0.1) is 5.69 Å². The smallest absolute Gasteiger partial charge is 0.126 e. The first-order valence-corrected chi connectivity index (χ1v) is 10.4. The van der Waals surface area contributed by atoms with Crippen LogP contribution >= 0.6 is 0 Å². The van der Waals surface area contributed by atoms with Gasteiger partial charge in [0.25, 0.3) is 0 Å². The number of rotatable bonds is 6. The molecular formula is C28H23NO2. The summed E-state index contributed by atoms with van der Waals surface area (Å²) in [5, 5.41) is 12.6. The Labute approximate surface area is 181 Å². The number of para-hydroxylation sites is 2. The molecular weight excluding hydrogens is 382 g/mol. The second-order valence-corrected chi connectivity index (χ2v) is 7.54. The van der Waals surface area contributed by atoms with Crippen LogP contribution < -0.4 is 4.74 Å². The predicted molar refractivity (Wildman–Crippen MR) is 125 cm³/mol. The van der Waals surface area contributed by atoms with E-state index in [1.54, 1.807) is 0 Å². The van der Waals surface area contributed by atoms with Gasteiger partial charge in [0.1, 0.15) is 18.5 Å². The van der Waals surface area contributed by atoms with E-state index >= 15 is 0 Å². The third kappa shape index (κ3) is 3.83. The molecule has 152 valence electrons. The fourth-order valence-electron chi connectivity index (χ4n) is 4.01. The van der Waals surface area contributed by atoms with Crippen molar-refractivity contribution in [1.82, 2.24) is 4.98 Å². The van der Waals surface area contributed by atoms with Gasteiger partial charge in [-0.05, 0) is 23.3 Å². The maximum absolute atomic E-state index is 11.5. The summed E-state index contributed by atoms with van der Waals surface area (Å²) >= 11 is 0. The number of fused-ring (bicyclic) bond motifs is 1. The van der Waals surface area contributed by atoms with Gasteiger partial charge in [-0.2, -0.15) is 0 Å². The number of aliphatic hydroxyl groups is 1. The fourth-order valence-corrected chi connectivity index (χ4v) is 4.01. The molecule has 0 saturated carbocycles. The van der Waals surface area contributed by atoms with E-state index in [2.05, 4.69) is 23.2 Å². The molecule has 0 fully saturated rings. The first-order valence-electron chi connectivity index (χ1n) is 10.4. The van der Waals surface area contributed by atoms with E-state index in [4.69, 9.17) is 4.74 Å². The standard InChI is InChI=1S/C28H23NO2/c30-28(23-16-8-10-18-25(23)31-19-20-11-3-1-4-12-20)27-26(21-13-5-2-6-14-21)22-15-7-9-17-24(22)29-27/h1-18,28-30H,19H2. The summed E-state index contributed by atoms with van der Waals surface area (Å²) in [6, 6.07) is 36.1. The first kappa shape index (κ1) is 19.2. The average Bonchev–Trinajstić information content (AvgIpc) is 3.23. The number of aliphatic hydroxyl groups excluding tert-OH is 1. The molecule has 2 N–H and O–H groups in total. The van der Waals surface area contributed by atoms with Gasteiger partial charge < -0.3 is 14.8 Å². The highest BCUT2D eigenvalue weighted by molar-refractivity contribution is 5.97. The molecule has 1 heterocycles. The van der Waals surface area contributed by atoms with Crippen molar-refractivity contribution in [3.8, 4) is 16.9 Å². The highest BCUT2D eigenvalue weighted by Gasteiger charge is 2.23. The van der Waals surface area contributed by atoms with Crippen LogP contribution in [-0.2, 0) is 6.61 Å². The highest BCUT2D eigenvalue weighted by Crippen LogP contribution is 2.39.